The minimum atomic E-state index is -0.959. The molecule has 112 valence electrons. The second kappa shape index (κ2) is 5.69. The molecule has 0 radical (unpaired) electrons. The first-order valence-electron chi connectivity index (χ1n) is 6.86. The number of hydrogen-bond donors (Lipinski definition) is 1. The van der Waals surface area contributed by atoms with Gasteiger partial charge < -0.3 is 10.0 Å². The molecule has 5 heteroatoms. The van der Waals surface area contributed by atoms with Crippen LogP contribution in [0.4, 0.5) is 0 Å². The number of rotatable bonds is 4. The van der Waals surface area contributed by atoms with Gasteiger partial charge in [-0.2, -0.15) is 5.10 Å². The predicted octanol–water partition coefficient (Wildman–Crippen LogP) is 2.72. The van der Waals surface area contributed by atoms with Gasteiger partial charge in [-0.3, -0.25) is 4.68 Å². The van der Waals surface area contributed by atoms with Gasteiger partial charge >= 0.3 is 5.97 Å². The lowest BCUT2D eigenvalue weighted by molar-refractivity contribution is 0.0686. The van der Waals surface area contributed by atoms with E-state index in [-0.39, 0.29) is 5.69 Å². The topological polar surface area (TPSA) is 58.4 Å². The van der Waals surface area contributed by atoms with Crippen LogP contribution in [0.15, 0.2) is 24.3 Å². The first-order valence-corrected chi connectivity index (χ1v) is 6.86. The number of benzene rings is 1. The number of aromatic carboxylic acids is 1. The van der Waals surface area contributed by atoms with Crippen molar-refractivity contribution in [2.75, 3.05) is 14.1 Å². The Bertz CT molecular complexity index is 657. The summed E-state index contributed by atoms with van der Waals surface area (Å²) in [5.41, 5.74) is 3.72. The highest BCUT2D eigenvalue weighted by Crippen LogP contribution is 2.29. The molecule has 1 aromatic carbocycles. The molecule has 2 aromatic rings. The maximum atomic E-state index is 11.4. The molecule has 0 saturated carbocycles. The second-order valence-electron chi connectivity index (χ2n) is 5.50. The van der Waals surface area contributed by atoms with Crippen molar-refractivity contribution < 1.29 is 9.90 Å². The number of hydrogen-bond acceptors (Lipinski definition) is 3. The second-order valence-corrected chi connectivity index (χ2v) is 5.50. The van der Waals surface area contributed by atoms with Crippen molar-refractivity contribution in [2.24, 2.45) is 7.05 Å². The summed E-state index contributed by atoms with van der Waals surface area (Å²) in [6.07, 6.45) is 0. The fourth-order valence-corrected chi connectivity index (χ4v) is 2.48. The van der Waals surface area contributed by atoms with Crippen molar-refractivity contribution in [3.8, 4) is 11.1 Å². The van der Waals surface area contributed by atoms with Crippen LogP contribution in [0.1, 0.15) is 34.7 Å². The van der Waals surface area contributed by atoms with Crippen molar-refractivity contribution in [2.45, 2.75) is 19.9 Å². The van der Waals surface area contributed by atoms with Gasteiger partial charge in [0, 0.05) is 18.7 Å². The van der Waals surface area contributed by atoms with Gasteiger partial charge in [0.1, 0.15) is 0 Å². The largest absolute Gasteiger partial charge is 0.477 e. The minimum absolute atomic E-state index is 0.223. The Morgan fingerprint density at radius 1 is 1.29 bits per heavy atom. The van der Waals surface area contributed by atoms with Gasteiger partial charge in [0.2, 0.25) is 0 Å². The Morgan fingerprint density at radius 2 is 1.86 bits per heavy atom. The number of carbonyl (C=O) groups is 1. The fourth-order valence-electron chi connectivity index (χ4n) is 2.48. The van der Waals surface area contributed by atoms with Crippen LogP contribution in [0.2, 0.25) is 0 Å². The van der Waals surface area contributed by atoms with E-state index in [9.17, 15) is 9.90 Å². The Hall–Kier alpha value is -2.14. The van der Waals surface area contributed by atoms with E-state index in [0.29, 0.717) is 11.6 Å². The van der Waals surface area contributed by atoms with E-state index >= 15 is 0 Å². The monoisotopic (exact) mass is 287 g/mol. The van der Waals surface area contributed by atoms with Crippen LogP contribution in [0, 0.1) is 6.92 Å². The normalized spacial score (nSPS) is 12.7. The standard InChI is InChI=1S/C16H21N3O2/c1-10-14(15(16(20)21)19(5)17-10)13-8-6-12(7-9-13)11(2)18(3)4/h6-9,11H,1-5H3,(H,20,21)/t11-/m1/s1. The molecule has 0 unspecified atom stereocenters. The molecule has 2 rings (SSSR count). The van der Waals surface area contributed by atoms with E-state index < -0.39 is 5.97 Å². The van der Waals surface area contributed by atoms with Crippen LogP contribution in [0.25, 0.3) is 11.1 Å². The smallest absolute Gasteiger partial charge is 0.354 e. The minimum Gasteiger partial charge on any atom is -0.477 e. The van der Waals surface area contributed by atoms with Gasteiger partial charge in [0.15, 0.2) is 5.69 Å². The van der Waals surface area contributed by atoms with Gasteiger partial charge in [-0.15, -0.1) is 0 Å². The van der Waals surface area contributed by atoms with Gasteiger partial charge in [0.05, 0.1) is 5.69 Å². The third-order valence-electron chi connectivity index (χ3n) is 3.88. The van der Waals surface area contributed by atoms with Crippen LogP contribution in [0.5, 0.6) is 0 Å². The maximum absolute atomic E-state index is 11.4. The Morgan fingerprint density at radius 3 is 2.33 bits per heavy atom. The Labute approximate surface area is 124 Å². The summed E-state index contributed by atoms with van der Waals surface area (Å²) in [4.78, 5) is 13.6. The molecule has 1 heterocycles. The summed E-state index contributed by atoms with van der Waals surface area (Å²) in [5.74, 6) is -0.959. The van der Waals surface area contributed by atoms with Crippen LogP contribution >= 0.6 is 0 Å². The zero-order valence-corrected chi connectivity index (χ0v) is 13.1. The van der Waals surface area contributed by atoms with Gasteiger partial charge in [-0.25, -0.2) is 4.79 Å². The third kappa shape index (κ3) is 2.83. The van der Waals surface area contributed by atoms with Crippen LogP contribution in [-0.4, -0.2) is 39.9 Å². The Kier molecular flexibility index (Phi) is 4.14. The zero-order chi connectivity index (χ0) is 15.7. The van der Waals surface area contributed by atoms with Gasteiger partial charge in [-0.05, 0) is 39.1 Å². The molecule has 1 aromatic heterocycles. The summed E-state index contributed by atoms with van der Waals surface area (Å²) < 4.78 is 1.42. The summed E-state index contributed by atoms with van der Waals surface area (Å²) in [5, 5.41) is 13.6. The summed E-state index contributed by atoms with van der Waals surface area (Å²) >= 11 is 0. The summed E-state index contributed by atoms with van der Waals surface area (Å²) in [7, 11) is 5.72. The van der Waals surface area contributed by atoms with E-state index in [4.69, 9.17) is 0 Å². The van der Waals surface area contributed by atoms with Gasteiger partial charge in [-0.1, -0.05) is 24.3 Å². The highest BCUT2D eigenvalue weighted by atomic mass is 16.4. The number of aromatic nitrogens is 2. The molecular weight excluding hydrogens is 266 g/mol. The van der Waals surface area contributed by atoms with Gasteiger partial charge in [0.25, 0.3) is 0 Å². The predicted molar refractivity (Wildman–Crippen MR) is 82.4 cm³/mol. The summed E-state index contributed by atoms with van der Waals surface area (Å²) in [6, 6.07) is 8.32. The quantitative estimate of drug-likeness (QED) is 0.939. The molecule has 0 aliphatic carbocycles. The molecule has 0 aliphatic heterocycles. The van der Waals surface area contributed by atoms with Crippen molar-refractivity contribution >= 4 is 5.97 Å². The molecule has 0 saturated heterocycles. The van der Waals surface area contributed by atoms with Crippen LogP contribution < -0.4 is 0 Å². The van der Waals surface area contributed by atoms with Crippen molar-refractivity contribution in [1.82, 2.24) is 14.7 Å². The molecule has 0 aliphatic rings. The zero-order valence-electron chi connectivity index (χ0n) is 13.1. The molecule has 0 spiro atoms. The van der Waals surface area contributed by atoms with Crippen molar-refractivity contribution in [3.05, 3.63) is 41.2 Å². The molecular formula is C16H21N3O2. The van der Waals surface area contributed by atoms with E-state index in [1.165, 1.54) is 10.2 Å². The van der Waals surface area contributed by atoms with Crippen molar-refractivity contribution in [1.29, 1.82) is 0 Å². The van der Waals surface area contributed by atoms with E-state index in [2.05, 4.69) is 16.9 Å². The summed E-state index contributed by atoms with van der Waals surface area (Å²) in [6.45, 7) is 3.96. The average Bonchev–Trinajstić information content (AvgIpc) is 2.72. The first-order chi connectivity index (χ1) is 9.82. The third-order valence-corrected chi connectivity index (χ3v) is 3.88. The maximum Gasteiger partial charge on any atom is 0.354 e. The number of nitrogens with zero attached hydrogens (tertiary/aromatic N) is 3. The van der Waals surface area contributed by atoms with E-state index in [1.807, 2.05) is 45.3 Å². The SMILES string of the molecule is Cc1nn(C)c(C(=O)O)c1-c1ccc([C@@H](C)N(C)C)cc1. The van der Waals surface area contributed by atoms with Crippen LogP contribution in [0.3, 0.4) is 0 Å². The highest BCUT2D eigenvalue weighted by Gasteiger charge is 2.20. The highest BCUT2D eigenvalue weighted by molar-refractivity contribution is 5.95. The Balaban J connectivity index is 2.47. The fraction of sp³-hybridized carbons (Fsp3) is 0.375. The molecule has 21 heavy (non-hydrogen) atoms. The number of carboxylic acids is 1. The average molecular weight is 287 g/mol. The number of aryl methyl sites for hydroxylation is 2. The lowest BCUT2D eigenvalue weighted by Crippen LogP contribution is -2.16. The first kappa shape index (κ1) is 15.3. The molecule has 1 atom stereocenters. The molecule has 5 nitrogen and oxygen atoms in total. The number of carboxylic acid groups (broad SMARTS) is 1. The molecule has 0 bridgehead atoms. The molecule has 0 amide bonds. The van der Waals surface area contributed by atoms with Crippen LogP contribution in [-0.2, 0) is 7.05 Å². The van der Waals surface area contributed by atoms with Crippen molar-refractivity contribution in [3.63, 3.8) is 0 Å². The lowest BCUT2D eigenvalue weighted by Gasteiger charge is -2.20. The molecule has 0 fully saturated rings. The molecule has 1 N–H and O–H groups in total. The van der Waals surface area contributed by atoms with E-state index in [0.717, 1.165) is 11.3 Å². The lowest BCUT2D eigenvalue weighted by atomic mass is 9.99. The van der Waals surface area contributed by atoms with E-state index in [1.54, 1.807) is 7.05 Å².